The summed E-state index contributed by atoms with van der Waals surface area (Å²) in [4.78, 5) is 17.1. The molecule has 0 bridgehead atoms. The third kappa shape index (κ3) is 2.24. The standard InChI is InChI=1S/C15H11ClF2N2O2/c16-12-6-2-4-10(19-12)7-20-11-5-1-3-9(8-21)13(11)15(17,18)14(20)22/h1-6,21H,7-8H2. The molecule has 0 fully saturated rings. The largest absolute Gasteiger partial charge is 0.392 e. The van der Waals surface area contributed by atoms with Crippen molar-refractivity contribution in [3.8, 4) is 0 Å². The number of pyridine rings is 1. The number of hydrogen-bond acceptors (Lipinski definition) is 3. The zero-order valence-electron chi connectivity index (χ0n) is 11.3. The summed E-state index contributed by atoms with van der Waals surface area (Å²) in [6.07, 6.45) is 0. The predicted molar refractivity (Wildman–Crippen MR) is 76.7 cm³/mol. The van der Waals surface area contributed by atoms with Gasteiger partial charge in [0.15, 0.2) is 0 Å². The van der Waals surface area contributed by atoms with E-state index in [1.54, 1.807) is 18.2 Å². The Morgan fingerprint density at radius 1 is 1.23 bits per heavy atom. The number of hydrogen-bond donors (Lipinski definition) is 1. The lowest BCUT2D eigenvalue weighted by atomic mass is 10.0. The normalized spacial score (nSPS) is 16.0. The maximum absolute atomic E-state index is 14.3. The molecule has 0 atom stereocenters. The Morgan fingerprint density at radius 3 is 2.64 bits per heavy atom. The molecule has 4 nitrogen and oxygen atoms in total. The van der Waals surface area contributed by atoms with Gasteiger partial charge >= 0.3 is 11.8 Å². The number of halogens is 3. The van der Waals surface area contributed by atoms with E-state index < -0.39 is 24.0 Å². The highest BCUT2D eigenvalue weighted by atomic mass is 35.5. The number of nitrogens with zero attached hydrogens (tertiary/aromatic N) is 2. The number of alkyl halides is 2. The molecule has 114 valence electrons. The number of carbonyl (C=O) groups excluding carboxylic acids is 1. The number of amides is 1. The Balaban J connectivity index is 2.06. The fraction of sp³-hybridized carbons (Fsp3) is 0.200. The molecule has 0 spiro atoms. The maximum atomic E-state index is 14.3. The lowest BCUT2D eigenvalue weighted by molar-refractivity contribution is -0.141. The fourth-order valence-corrected chi connectivity index (χ4v) is 2.73. The Kier molecular flexibility index (Phi) is 3.58. The van der Waals surface area contributed by atoms with Crippen LogP contribution in [0.25, 0.3) is 0 Å². The Labute approximate surface area is 130 Å². The molecular weight excluding hydrogens is 314 g/mol. The van der Waals surface area contributed by atoms with Crippen LogP contribution in [0.4, 0.5) is 14.5 Å². The van der Waals surface area contributed by atoms with E-state index >= 15 is 0 Å². The van der Waals surface area contributed by atoms with Gasteiger partial charge in [0.2, 0.25) is 0 Å². The van der Waals surface area contributed by atoms with Crippen LogP contribution in [-0.2, 0) is 23.9 Å². The molecule has 7 heteroatoms. The van der Waals surface area contributed by atoms with Crippen LogP contribution in [0.15, 0.2) is 36.4 Å². The summed E-state index contributed by atoms with van der Waals surface area (Å²) in [6, 6.07) is 9.12. The van der Waals surface area contributed by atoms with Crippen molar-refractivity contribution < 1.29 is 18.7 Å². The van der Waals surface area contributed by atoms with Crippen LogP contribution in [0.1, 0.15) is 16.8 Å². The summed E-state index contributed by atoms with van der Waals surface area (Å²) in [5.41, 5.74) is 0.0872. The van der Waals surface area contributed by atoms with Crippen molar-refractivity contribution in [3.05, 3.63) is 58.4 Å². The van der Waals surface area contributed by atoms with E-state index in [9.17, 15) is 18.7 Å². The van der Waals surface area contributed by atoms with Gasteiger partial charge in [-0.15, -0.1) is 0 Å². The van der Waals surface area contributed by atoms with E-state index in [0.29, 0.717) is 5.69 Å². The van der Waals surface area contributed by atoms with Gasteiger partial charge in [0.25, 0.3) is 0 Å². The number of anilines is 1. The fourth-order valence-electron chi connectivity index (χ4n) is 2.55. The molecule has 1 aliphatic rings. The smallest absolute Gasteiger partial charge is 0.352 e. The predicted octanol–water partition coefficient (Wildman–Crippen LogP) is 2.87. The summed E-state index contributed by atoms with van der Waals surface area (Å²) in [6.45, 7) is -0.674. The Morgan fingerprint density at radius 2 is 1.95 bits per heavy atom. The van der Waals surface area contributed by atoms with E-state index in [2.05, 4.69) is 4.98 Å². The number of benzene rings is 1. The third-order valence-electron chi connectivity index (χ3n) is 3.51. The molecule has 2 heterocycles. The molecule has 2 aromatic rings. The molecule has 0 radical (unpaired) electrons. The quantitative estimate of drug-likeness (QED) is 0.883. The second-order valence-electron chi connectivity index (χ2n) is 4.89. The molecule has 3 rings (SSSR count). The molecule has 0 aliphatic carbocycles. The maximum Gasteiger partial charge on any atom is 0.352 e. The number of rotatable bonds is 3. The highest BCUT2D eigenvalue weighted by Gasteiger charge is 2.54. The minimum atomic E-state index is -3.66. The van der Waals surface area contributed by atoms with Crippen molar-refractivity contribution in [2.75, 3.05) is 4.90 Å². The molecule has 1 aliphatic heterocycles. The van der Waals surface area contributed by atoms with E-state index in [-0.39, 0.29) is 22.9 Å². The zero-order chi connectivity index (χ0) is 15.9. The Bertz CT molecular complexity index is 752. The number of aliphatic hydroxyl groups excluding tert-OH is 1. The van der Waals surface area contributed by atoms with Crippen LogP contribution in [-0.4, -0.2) is 16.0 Å². The molecule has 22 heavy (non-hydrogen) atoms. The van der Waals surface area contributed by atoms with Gasteiger partial charge in [-0.25, -0.2) is 4.98 Å². The van der Waals surface area contributed by atoms with E-state index in [0.717, 1.165) is 4.90 Å². The van der Waals surface area contributed by atoms with Crippen LogP contribution < -0.4 is 4.90 Å². The van der Waals surface area contributed by atoms with Gasteiger partial charge in [0.05, 0.1) is 30.1 Å². The summed E-state index contributed by atoms with van der Waals surface area (Å²) in [5, 5.41) is 9.46. The van der Waals surface area contributed by atoms with Crippen molar-refractivity contribution in [1.82, 2.24) is 4.98 Å². The second kappa shape index (κ2) is 5.30. The van der Waals surface area contributed by atoms with Crippen molar-refractivity contribution in [1.29, 1.82) is 0 Å². The molecule has 0 unspecified atom stereocenters. The lowest BCUT2D eigenvalue weighted by Crippen LogP contribution is -2.34. The van der Waals surface area contributed by atoms with Crippen molar-refractivity contribution >= 4 is 23.2 Å². The van der Waals surface area contributed by atoms with Gasteiger partial charge in [-0.2, -0.15) is 8.78 Å². The van der Waals surface area contributed by atoms with Crippen LogP contribution >= 0.6 is 11.6 Å². The first-order valence-electron chi connectivity index (χ1n) is 6.49. The molecule has 1 amide bonds. The molecule has 0 saturated carbocycles. The number of carbonyl (C=O) groups is 1. The van der Waals surface area contributed by atoms with Gasteiger partial charge in [0, 0.05) is 0 Å². The average molecular weight is 325 g/mol. The Hall–Kier alpha value is -2.05. The van der Waals surface area contributed by atoms with Crippen LogP contribution in [0.2, 0.25) is 5.15 Å². The van der Waals surface area contributed by atoms with Crippen molar-refractivity contribution in [3.63, 3.8) is 0 Å². The van der Waals surface area contributed by atoms with Gasteiger partial charge in [-0.3, -0.25) is 4.79 Å². The first kappa shape index (κ1) is 14.9. The van der Waals surface area contributed by atoms with Crippen molar-refractivity contribution in [2.45, 2.75) is 19.1 Å². The first-order chi connectivity index (χ1) is 10.4. The molecule has 1 aromatic carbocycles. The SMILES string of the molecule is O=C1N(Cc2cccc(Cl)n2)c2cccc(CO)c2C1(F)F. The van der Waals surface area contributed by atoms with Gasteiger partial charge in [0.1, 0.15) is 5.15 Å². The highest BCUT2D eigenvalue weighted by Crippen LogP contribution is 2.46. The van der Waals surface area contributed by atoms with E-state index in [4.69, 9.17) is 11.6 Å². The number of aliphatic hydroxyl groups is 1. The molecule has 0 saturated heterocycles. The van der Waals surface area contributed by atoms with E-state index in [1.165, 1.54) is 18.2 Å². The number of aromatic nitrogens is 1. The molecule has 1 aromatic heterocycles. The summed E-state index contributed by atoms with van der Waals surface area (Å²) >= 11 is 5.77. The zero-order valence-corrected chi connectivity index (χ0v) is 12.0. The highest BCUT2D eigenvalue weighted by molar-refractivity contribution is 6.29. The average Bonchev–Trinajstić information content (AvgIpc) is 2.69. The van der Waals surface area contributed by atoms with Gasteiger partial charge in [-0.05, 0) is 23.8 Å². The first-order valence-corrected chi connectivity index (χ1v) is 6.87. The minimum absolute atomic E-state index is 0.0393. The summed E-state index contributed by atoms with van der Waals surface area (Å²) < 4.78 is 28.5. The summed E-state index contributed by atoms with van der Waals surface area (Å²) in [7, 11) is 0. The van der Waals surface area contributed by atoms with Gasteiger partial charge < -0.3 is 10.0 Å². The lowest BCUT2D eigenvalue weighted by Gasteiger charge is -2.17. The van der Waals surface area contributed by atoms with E-state index in [1.807, 2.05) is 0 Å². The van der Waals surface area contributed by atoms with Gasteiger partial charge in [-0.1, -0.05) is 29.8 Å². The molecular formula is C15H11ClF2N2O2. The van der Waals surface area contributed by atoms with Crippen LogP contribution in [0.3, 0.4) is 0 Å². The second-order valence-corrected chi connectivity index (χ2v) is 5.27. The monoisotopic (exact) mass is 324 g/mol. The molecule has 1 N–H and O–H groups in total. The van der Waals surface area contributed by atoms with Crippen LogP contribution in [0.5, 0.6) is 0 Å². The third-order valence-corrected chi connectivity index (χ3v) is 3.72. The number of fused-ring (bicyclic) bond motifs is 1. The minimum Gasteiger partial charge on any atom is -0.392 e. The van der Waals surface area contributed by atoms with Crippen molar-refractivity contribution in [2.24, 2.45) is 0 Å². The summed E-state index contributed by atoms with van der Waals surface area (Å²) in [5.74, 6) is -4.99. The van der Waals surface area contributed by atoms with Crippen LogP contribution in [0, 0.1) is 0 Å². The topological polar surface area (TPSA) is 53.4 Å².